The molecule has 1 aromatic rings. The molecule has 0 amide bonds. The Labute approximate surface area is 130 Å². The molecule has 3 rings (SSSR count). The van der Waals surface area contributed by atoms with Crippen molar-refractivity contribution in [3.63, 3.8) is 0 Å². The van der Waals surface area contributed by atoms with Crippen LogP contribution in [0, 0.1) is 10.1 Å². The van der Waals surface area contributed by atoms with Gasteiger partial charge in [0.15, 0.2) is 5.17 Å². The Hall–Kier alpha value is -1.87. The van der Waals surface area contributed by atoms with E-state index in [9.17, 15) is 14.9 Å². The maximum atomic E-state index is 11.8. The lowest BCUT2D eigenvalue weighted by atomic mass is 10.3. The zero-order valence-corrected chi connectivity index (χ0v) is 12.7. The number of rotatable bonds is 3. The first-order chi connectivity index (χ1) is 10.6. The minimum atomic E-state index is -0.493. The quantitative estimate of drug-likeness (QED) is 0.596. The number of nitro groups is 1. The van der Waals surface area contributed by atoms with Gasteiger partial charge in [0.05, 0.1) is 36.1 Å². The number of hydrogen-bond acceptors (Lipinski definition) is 7. The number of amidine groups is 1. The Balaban J connectivity index is 1.64. The Morgan fingerprint density at radius 2 is 2.18 bits per heavy atom. The van der Waals surface area contributed by atoms with E-state index >= 15 is 0 Å². The topological polar surface area (TPSA) is 90.0 Å². The van der Waals surface area contributed by atoms with Crippen molar-refractivity contribution in [3.05, 3.63) is 38.8 Å². The van der Waals surface area contributed by atoms with Gasteiger partial charge < -0.3 is 14.2 Å². The highest BCUT2D eigenvalue weighted by molar-refractivity contribution is 8.14. The highest BCUT2D eigenvalue weighted by Gasteiger charge is 2.26. The number of nitrogens with zero attached hydrogens (tertiary/aromatic N) is 4. The molecule has 1 fully saturated rings. The van der Waals surface area contributed by atoms with Crippen molar-refractivity contribution in [2.45, 2.75) is 11.8 Å². The zero-order chi connectivity index (χ0) is 15.5. The van der Waals surface area contributed by atoms with Crippen molar-refractivity contribution in [3.8, 4) is 0 Å². The monoisotopic (exact) mass is 324 g/mol. The second-order valence-corrected chi connectivity index (χ2v) is 6.37. The summed E-state index contributed by atoms with van der Waals surface area (Å²) in [5.41, 5.74) is -0.303. The van der Waals surface area contributed by atoms with Gasteiger partial charge in [-0.15, -0.1) is 0 Å². The molecule has 118 valence electrons. The van der Waals surface area contributed by atoms with Gasteiger partial charge in [-0.1, -0.05) is 11.8 Å². The van der Waals surface area contributed by atoms with E-state index in [2.05, 4.69) is 9.89 Å². The number of aliphatic imine (C=N–C) groups is 1. The molecular weight excluding hydrogens is 308 g/mol. The molecule has 2 aliphatic rings. The molecule has 0 N–H and O–H groups in total. The minimum absolute atomic E-state index is 0.0723. The van der Waals surface area contributed by atoms with Gasteiger partial charge >= 0.3 is 0 Å². The van der Waals surface area contributed by atoms with Crippen molar-refractivity contribution >= 4 is 22.6 Å². The number of pyridine rings is 1. The van der Waals surface area contributed by atoms with Crippen molar-refractivity contribution in [1.29, 1.82) is 0 Å². The molecule has 0 saturated carbocycles. The van der Waals surface area contributed by atoms with E-state index in [1.54, 1.807) is 11.8 Å². The van der Waals surface area contributed by atoms with Crippen molar-refractivity contribution < 1.29 is 9.66 Å². The number of morpholine rings is 1. The summed E-state index contributed by atoms with van der Waals surface area (Å²) in [5.74, 6) is 0. The molecule has 9 heteroatoms. The van der Waals surface area contributed by atoms with Crippen LogP contribution in [0.5, 0.6) is 0 Å². The third kappa shape index (κ3) is 3.30. The molecule has 0 spiro atoms. The zero-order valence-electron chi connectivity index (χ0n) is 11.9. The molecule has 1 saturated heterocycles. The van der Waals surface area contributed by atoms with Crippen LogP contribution in [-0.2, 0) is 11.3 Å². The molecule has 8 nitrogen and oxygen atoms in total. The average molecular weight is 324 g/mol. The Bertz CT molecular complexity index is 654. The van der Waals surface area contributed by atoms with Gasteiger partial charge in [0.2, 0.25) is 0 Å². The maximum absolute atomic E-state index is 11.8. The smallest absolute Gasteiger partial charge is 0.285 e. The molecule has 0 aromatic carbocycles. The summed E-state index contributed by atoms with van der Waals surface area (Å²) in [6.45, 7) is 4.10. The van der Waals surface area contributed by atoms with E-state index in [1.165, 1.54) is 22.9 Å². The van der Waals surface area contributed by atoms with Gasteiger partial charge in [0, 0.05) is 31.8 Å². The van der Waals surface area contributed by atoms with E-state index in [1.807, 2.05) is 0 Å². The summed E-state index contributed by atoms with van der Waals surface area (Å²) in [6, 6.07) is 2.47. The van der Waals surface area contributed by atoms with Gasteiger partial charge in [-0.05, 0) is 0 Å². The second-order valence-electron chi connectivity index (χ2n) is 5.10. The third-order valence-electron chi connectivity index (χ3n) is 3.56. The summed E-state index contributed by atoms with van der Waals surface area (Å²) in [4.78, 5) is 28.9. The van der Waals surface area contributed by atoms with Gasteiger partial charge in [-0.25, -0.2) is 0 Å². The van der Waals surface area contributed by atoms with Gasteiger partial charge in [0.25, 0.3) is 11.2 Å². The van der Waals surface area contributed by atoms with E-state index < -0.39 is 4.92 Å². The molecule has 2 aliphatic heterocycles. The highest BCUT2D eigenvalue weighted by Crippen LogP contribution is 2.25. The van der Waals surface area contributed by atoms with Crippen LogP contribution in [0.2, 0.25) is 0 Å². The fourth-order valence-corrected chi connectivity index (χ4v) is 3.58. The largest absolute Gasteiger partial charge is 0.378 e. The predicted molar refractivity (Wildman–Crippen MR) is 83.4 cm³/mol. The molecule has 1 aromatic heterocycles. The highest BCUT2D eigenvalue weighted by atomic mass is 32.2. The number of ether oxygens (including phenoxy) is 1. The maximum Gasteiger partial charge on any atom is 0.285 e. The SMILES string of the molecule is O=c1ccc([N+](=O)[O-])cn1CC1CN=C(N2CCOCC2)S1. The fourth-order valence-electron chi connectivity index (χ4n) is 2.42. The molecule has 0 aliphatic carbocycles. The van der Waals surface area contributed by atoms with Crippen LogP contribution in [-0.4, -0.2) is 57.7 Å². The second kappa shape index (κ2) is 6.49. The molecule has 22 heavy (non-hydrogen) atoms. The lowest BCUT2D eigenvalue weighted by molar-refractivity contribution is -0.385. The van der Waals surface area contributed by atoms with Crippen LogP contribution < -0.4 is 5.56 Å². The summed E-state index contributed by atoms with van der Waals surface area (Å²) in [7, 11) is 0. The van der Waals surface area contributed by atoms with Crippen LogP contribution in [0.4, 0.5) is 5.69 Å². The lowest BCUT2D eigenvalue weighted by Gasteiger charge is -2.28. The first-order valence-corrected chi connectivity index (χ1v) is 7.90. The molecule has 1 atom stereocenters. The first kappa shape index (κ1) is 15.0. The normalized spacial score (nSPS) is 21.7. The van der Waals surface area contributed by atoms with Crippen molar-refractivity contribution in [2.75, 3.05) is 32.8 Å². The van der Waals surface area contributed by atoms with Crippen LogP contribution in [0.15, 0.2) is 28.1 Å². The average Bonchev–Trinajstić information content (AvgIpc) is 2.99. The van der Waals surface area contributed by atoms with Crippen LogP contribution in [0.25, 0.3) is 0 Å². The summed E-state index contributed by atoms with van der Waals surface area (Å²) < 4.78 is 6.71. The van der Waals surface area contributed by atoms with E-state index in [-0.39, 0.29) is 16.5 Å². The lowest BCUT2D eigenvalue weighted by Crippen LogP contribution is -2.39. The van der Waals surface area contributed by atoms with Gasteiger partial charge in [0.1, 0.15) is 0 Å². The van der Waals surface area contributed by atoms with Crippen molar-refractivity contribution in [1.82, 2.24) is 9.47 Å². The summed E-state index contributed by atoms with van der Waals surface area (Å²) in [6.07, 6.45) is 1.30. The Morgan fingerprint density at radius 1 is 1.41 bits per heavy atom. The predicted octanol–water partition coefficient (Wildman–Crippen LogP) is 0.560. The first-order valence-electron chi connectivity index (χ1n) is 7.02. The van der Waals surface area contributed by atoms with Gasteiger partial charge in [-0.2, -0.15) is 0 Å². The molecule has 1 unspecified atom stereocenters. The number of thioether (sulfide) groups is 1. The van der Waals surface area contributed by atoms with Crippen LogP contribution >= 0.6 is 11.8 Å². The van der Waals surface area contributed by atoms with E-state index in [4.69, 9.17) is 4.74 Å². The van der Waals surface area contributed by atoms with Crippen LogP contribution in [0.1, 0.15) is 0 Å². The van der Waals surface area contributed by atoms with Gasteiger partial charge in [-0.3, -0.25) is 19.9 Å². The molecular formula is C13H16N4O4S. The number of aromatic nitrogens is 1. The molecule has 3 heterocycles. The van der Waals surface area contributed by atoms with Crippen LogP contribution in [0.3, 0.4) is 0 Å². The minimum Gasteiger partial charge on any atom is -0.378 e. The number of hydrogen-bond donors (Lipinski definition) is 0. The third-order valence-corrected chi connectivity index (χ3v) is 4.79. The molecule has 0 radical (unpaired) electrons. The van der Waals surface area contributed by atoms with Crippen molar-refractivity contribution in [2.24, 2.45) is 4.99 Å². The van der Waals surface area contributed by atoms with E-state index in [0.29, 0.717) is 26.3 Å². The standard InChI is InChI=1S/C13H16N4O4S/c18-12-2-1-10(17(19)20)8-16(12)9-11-7-14-13(22-11)15-3-5-21-6-4-15/h1-2,8,11H,3-7,9H2. The Kier molecular flexibility index (Phi) is 4.44. The molecule has 0 bridgehead atoms. The fraction of sp³-hybridized carbons (Fsp3) is 0.538. The Morgan fingerprint density at radius 3 is 2.91 bits per heavy atom. The van der Waals surface area contributed by atoms with E-state index in [0.717, 1.165) is 18.3 Å². The summed E-state index contributed by atoms with van der Waals surface area (Å²) >= 11 is 1.63. The summed E-state index contributed by atoms with van der Waals surface area (Å²) in [5, 5.41) is 11.9.